The van der Waals surface area contributed by atoms with Crippen molar-refractivity contribution in [3.8, 4) is 11.1 Å². The van der Waals surface area contributed by atoms with Crippen LogP contribution in [0.25, 0.3) is 33.1 Å². The molecule has 0 saturated carbocycles. The van der Waals surface area contributed by atoms with Crippen LogP contribution in [0.15, 0.2) is 126 Å². The number of hydrogen-bond donors (Lipinski definition) is 2. The highest BCUT2D eigenvalue weighted by molar-refractivity contribution is 6.59. The lowest BCUT2D eigenvalue weighted by Gasteiger charge is -2.26. The van der Waals surface area contributed by atoms with Crippen molar-refractivity contribution in [1.82, 2.24) is 0 Å². The molecule has 6 aromatic rings. The zero-order valence-corrected chi connectivity index (χ0v) is 18.9. The maximum absolute atomic E-state index is 9.58. The zero-order chi connectivity index (χ0) is 23.8. The molecule has 0 spiro atoms. The highest BCUT2D eigenvalue weighted by Gasteiger charge is 2.17. The summed E-state index contributed by atoms with van der Waals surface area (Å²) in [7, 11) is -1.52. The predicted molar refractivity (Wildman–Crippen MR) is 144 cm³/mol. The number of rotatable bonds is 5. The van der Waals surface area contributed by atoms with Gasteiger partial charge in [-0.3, -0.25) is 0 Å². The molecule has 5 heteroatoms. The fourth-order valence-corrected chi connectivity index (χ4v) is 4.56. The molecule has 0 atom stereocenters. The summed E-state index contributed by atoms with van der Waals surface area (Å²) in [4.78, 5) is 2.21. The predicted octanol–water partition coefficient (Wildman–Crippen LogP) is 6.40. The third kappa shape index (κ3) is 3.97. The van der Waals surface area contributed by atoms with Crippen LogP contribution in [0.1, 0.15) is 0 Å². The molecule has 0 aliphatic rings. The quantitative estimate of drug-likeness (QED) is 0.295. The molecule has 1 heterocycles. The van der Waals surface area contributed by atoms with Gasteiger partial charge in [-0.1, -0.05) is 72.8 Å². The molecular formula is C30H22BNO3. The van der Waals surface area contributed by atoms with Crippen molar-refractivity contribution in [2.45, 2.75) is 0 Å². The fourth-order valence-electron chi connectivity index (χ4n) is 4.56. The Balaban J connectivity index is 1.51. The summed E-state index contributed by atoms with van der Waals surface area (Å²) < 4.78 is 6.15. The summed E-state index contributed by atoms with van der Waals surface area (Å²) in [6.45, 7) is 0. The number of anilines is 3. The molecule has 2 N–H and O–H groups in total. The standard InChI is InChI=1S/C30H22BNO3/c33-31(34)23-14-17-29-28(19-23)27-16-15-26(20-30(27)35-29)32(24-11-5-2-6-12-24)25-13-7-10-22(18-25)21-8-3-1-4-9-21/h1-20,33-34H. The molecule has 168 valence electrons. The maximum atomic E-state index is 9.58. The van der Waals surface area contributed by atoms with Crippen molar-refractivity contribution in [2.75, 3.05) is 4.90 Å². The van der Waals surface area contributed by atoms with Crippen LogP contribution in [-0.4, -0.2) is 17.2 Å². The van der Waals surface area contributed by atoms with E-state index >= 15 is 0 Å². The van der Waals surface area contributed by atoms with E-state index in [1.807, 2.05) is 48.5 Å². The van der Waals surface area contributed by atoms with E-state index in [4.69, 9.17) is 4.42 Å². The van der Waals surface area contributed by atoms with E-state index in [1.54, 1.807) is 18.2 Å². The second-order valence-electron chi connectivity index (χ2n) is 8.50. The monoisotopic (exact) mass is 455 g/mol. The van der Waals surface area contributed by atoms with Gasteiger partial charge in [-0.2, -0.15) is 0 Å². The smallest absolute Gasteiger partial charge is 0.456 e. The van der Waals surface area contributed by atoms with Gasteiger partial charge in [-0.05, 0) is 59.1 Å². The van der Waals surface area contributed by atoms with Gasteiger partial charge in [0.15, 0.2) is 0 Å². The second-order valence-corrected chi connectivity index (χ2v) is 8.50. The summed E-state index contributed by atoms with van der Waals surface area (Å²) in [6.07, 6.45) is 0. The van der Waals surface area contributed by atoms with Crippen molar-refractivity contribution in [3.63, 3.8) is 0 Å². The first-order chi connectivity index (χ1) is 17.2. The Morgan fingerprint density at radius 1 is 0.514 bits per heavy atom. The Labute approximate surface area is 203 Å². The third-order valence-corrected chi connectivity index (χ3v) is 6.26. The van der Waals surface area contributed by atoms with Crippen LogP contribution in [-0.2, 0) is 0 Å². The van der Waals surface area contributed by atoms with E-state index in [-0.39, 0.29) is 0 Å². The van der Waals surface area contributed by atoms with Gasteiger partial charge in [0.05, 0.1) is 0 Å². The van der Waals surface area contributed by atoms with E-state index in [9.17, 15) is 10.0 Å². The number of fused-ring (bicyclic) bond motifs is 3. The fraction of sp³-hybridized carbons (Fsp3) is 0. The number of furan rings is 1. The Morgan fingerprint density at radius 3 is 1.97 bits per heavy atom. The first-order valence-corrected chi connectivity index (χ1v) is 11.5. The molecule has 0 saturated heterocycles. The molecule has 0 aliphatic heterocycles. The van der Waals surface area contributed by atoms with Gasteiger partial charge in [-0.25, -0.2) is 0 Å². The van der Waals surface area contributed by atoms with Gasteiger partial charge in [0.1, 0.15) is 11.2 Å². The lowest BCUT2D eigenvalue weighted by atomic mass is 9.80. The Morgan fingerprint density at radius 2 is 1.20 bits per heavy atom. The zero-order valence-electron chi connectivity index (χ0n) is 18.9. The molecular weight excluding hydrogens is 433 g/mol. The van der Waals surface area contributed by atoms with Crippen molar-refractivity contribution in [2.24, 2.45) is 0 Å². The third-order valence-electron chi connectivity index (χ3n) is 6.26. The van der Waals surface area contributed by atoms with Crippen LogP contribution in [0.3, 0.4) is 0 Å². The molecule has 0 aliphatic carbocycles. The number of hydrogen-bond acceptors (Lipinski definition) is 4. The SMILES string of the molecule is OB(O)c1ccc2oc3cc(N(c4ccccc4)c4cccc(-c5ccccc5)c4)ccc3c2c1. The highest BCUT2D eigenvalue weighted by atomic mass is 16.4. The van der Waals surface area contributed by atoms with Crippen molar-refractivity contribution >= 4 is 51.6 Å². The van der Waals surface area contributed by atoms with Gasteiger partial charge in [-0.15, -0.1) is 0 Å². The number of benzene rings is 5. The summed E-state index contributed by atoms with van der Waals surface area (Å²) in [5.74, 6) is 0. The second kappa shape index (κ2) is 8.80. The minimum atomic E-state index is -1.52. The van der Waals surface area contributed by atoms with Crippen LogP contribution < -0.4 is 10.4 Å². The van der Waals surface area contributed by atoms with Gasteiger partial charge in [0.2, 0.25) is 0 Å². The van der Waals surface area contributed by atoms with Crippen molar-refractivity contribution in [3.05, 3.63) is 121 Å². The molecule has 1 aromatic heterocycles. The largest absolute Gasteiger partial charge is 0.488 e. The molecule has 0 unspecified atom stereocenters. The molecule has 0 amide bonds. The summed E-state index contributed by atoms with van der Waals surface area (Å²) in [5, 5.41) is 21.0. The van der Waals surface area contributed by atoms with Crippen LogP contribution in [0.2, 0.25) is 0 Å². The van der Waals surface area contributed by atoms with E-state index in [1.165, 1.54) is 0 Å². The Bertz CT molecular complexity index is 1630. The first-order valence-electron chi connectivity index (χ1n) is 11.5. The summed E-state index contributed by atoms with van der Waals surface area (Å²) in [6, 6.07) is 40.5. The minimum absolute atomic E-state index is 0.438. The minimum Gasteiger partial charge on any atom is -0.456 e. The topological polar surface area (TPSA) is 56.8 Å². The van der Waals surface area contributed by atoms with Crippen LogP contribution in [0.4, 0.5) is 17.1 Å². The summed E-state index contributed by atoms with van der Waals surface area (Å²) in [5.41, 5.74) is 7.24. The molecule has 35 heavy (non-hydrogen) atoms. The van der Waals surface area contributed by atoms with Crippen LogP contribution in [0, 0.1) is 0 Å². The molecule has 0 radical (unpaired) electrons. The Hall–Kier alpha value is -4.32. The number of nitrogens with zero attached hydrogens (tertiary/aromatic N) is 1. The number of para-hydroxylation sites is 1. The van der Waals surface area contributed by atoms with Gasteiger partial charge < -0.3 is 19.4 Å². The maximum Gasteiger partial charge on any atom is 0.488 e. The normalized spacial score (nSPS) is 11.1. The summed E-state index contributed by atoms with van der Waals surface area (Å²) >= 11 is 0. The Kier molecular flexibility index (Phi) is 5.34. The molecule has 5 aromatic carbocycles. The van der Waals surface area contributed by atoms with E-state index in [0.29, 0.717) is 11.0 Å². The van der Waals surface area contributed by atoms with E-state index < -0.39 is 7.12 Å². The van der Waals surface area contributed by atoms with Crippen LogP contribution >= 0.6 is 0 Å². The van der Waals surface area contributed by atoms with Crippen molar-refractivity contribution < 1.29 is 14.5 Å². The molecule has 6 rings (SSSR count). The average molecular weight is 455 g/mol. The van der Waals surface area contributed by atoms with Gasteiger partial charge in [0, 0.05) is 33.9 Å². The molecule has 0 fully saturated rings. The average Bonchev–Trinajstić information content (AvgIpc) is 3.27. The van der Waals surface area contributed by atoms with E-state index in [0.717, 1.165) is 44.5 Å². The van der Waals surface area contributed by atoms with E-state index in [2.05, 4.69) is 59.5 Å². The lowest BCUT2D eigenvalue weighted by molar-refractivity contribution is 0.426. The molecule has 4 nitrogen and oxygen atoms in total. The first kappa shape index (κ1) is 21.2. The van der Waals surface area contributed by atoms with Crippen molar-refractivity contribution in [1.29, 1.82) is 0 Å². The highest BCUT2D eigenvalue weighted by Crippen LogP contribution is 2.39. The van der Waals surface area contributed by atoms with Gasteiger partial charge >= 0.3 is 7.12 Å². The lowest BCUT2D eigenvalue weighted by Crippen LogP contribution is -2.29. The van der Waals surface area contributed by atoms with Crippen LogP contribution in [0.5, 0.6) is 0 Å². The van der Waals surface area contributed by atoms with Gasteiger partial charge in [0.25, 0.3) is 0 Å². The molecule has 0 bridgehead atoms.